The van der Waals surface area contributed by atoms with Crippen LogP contribution in [0.15, 0.2) is 29.0 Å². The van der Waals surface area contributed by atoms with E-state index in [4.69, 9.17) is 4.74 Å². The largest absolute Gasteiger partial charge is 0.379 e. The molecule has 0 saturated carbocycles. The van der Waals surface area contributed by atoms with E-state index < -0.39 is 0 Å². The van der Waals surface area contributed by atoms with Gasteiger partial charge in [-0.2, -0.15) is 11.3 Å². The second kappa shape index (κ2) is 8.13. The van der Waals surface area contributed by atoms with Crippen LogP contribution in [0, 0.1) is 20.8 Å². The molecule has 1 amide bonds. The fourth-order valence-electron chi connectivity index (χ4n) is 3.63. The van der Waals surface area contributed by atoms with Crippen LogP contribution in [0.4, 0.5) is 0 Å². The van der Waals surface area contributed by atoms with Gasteiger partial charge in [-0.1, -0.05) is 17.7 Å². The standard InChI is InChI=1S/C20H26N2O2S/c1-14-10-15(2)19(16(3)11-14)20(23)21-12-18(17-4-9-25-13-17)22-5-7-24-8-6-22/h4,9-11,13,18H,5-8,12H2,1-3H3,(H,21,23)/t18-/m0/s1. The smallest absolute Gasteiger partial charge is 0.251 e. The van der Waals surface area contributed by atoms with Crippen LogP contribution >= 0.6 is 11.3 Å². The first kappa shape index (κ1) is 18.1. The lowest BCUT2D eigenvalue weighted by Crippen LogP contribution is -2.43. The predicted octanol–water partition coefficient (Wildman–Crippen LogP) is 3.48. The van der Waals surface area contributed by atoms with Crippen molar-refractivity contribution >= 4 is 17.2 Å². The van der Waals surface area contributed by atoms with Gasteiger partial charge in [-0.3, -0.25) is 9.69 Å². The SMILES string of the molecule is Cc1cc(C)c(C(=O)NC[C@@H](c2ccsc2)N2CCOCC2)c(C)c1. The van der Waals surface area contributed by atoms with Crippen molar-refractivity contribution in [2.24, 2.45) is 0 Å². The molecule has 0 radical (unpaired) electrons. The Hall–Kier alpha value is -1.69. The van der Waals surface area contributed by atoms with E-state index in [1.807, 2.05) is 13.8 Å². The van der Waals surface area contributed by atoms with E-state index in [0.717, 1.165) is 43.0 Å². The molecule has 2 heterocycles. The first-order chi connectivity index (χ1) is 12.1. The number of hydrogen-bond donors (Lipinski definition) is 1. The highest BCUT2D eigenvalue weighted by Crippen LogP contribution is 2.24. The van der Waals surface area contributed by atoms with Crippen molar-refractivity contribution in [3.8, 4) is 0 Å². The Kier molecular flexibility index (Phi) is 5.89. The van der Waals surface area contributed by atoms with Crippen molar-refractivity contribution < 1.29 is 9.53 Å². The maximum absolute atomic E-state index is 12.8. The summed E-state index contributed by atoms with van der Waals surface area (Å²) in [5.74, 6) is 0.0171. The first-order valence-corrected chi connectivity index (χ1v) is 9.70. The Balaban J connectivity index is 1.74. The average molecular weight is 359 g/mol. The van der Waals surface area contributed by atoms with Crippen LogP contribution in [0.25, 0.3) is 0 Å². The van der Waals surface area contributed by atoms with Gasteiger partial charge in [0.1, 0.15) is 0 Å². The normalized spacial score (nSPS) is 16.6. The van der Waals surface area contributed by atoms with Gasteiger partial charge in [0.15, 0.2) is 0 Å². The first-order valence-electron chi connectivity index (χ1n) is 8.76. The molecule has 1 saturated heterocycles. The molecule has 4 nitrogen and oxygen atoms in total. The Bertz CT molecular complexity index is 698. The van der Waals surface area contributed by atoms with Gasteiger partial charge in [-0.15, -0.1) is 0 Å². The Labute approximate surface area is 153 Å². The van der Waals surface area contributed by atoms with Gasteiger partial charge < -0.3 is 10.1 Å². The van der Waals surface area contributed by atoms with Gasteiger partial charge in [-0.25, -0.2) is 0 Å². The lowest BCUT2D eigenvalue weighted by molar-refractivity contribution is 0.0163. The maximum Gasteiger partial charge on any atom is 0.251 e. The zero-order valence-electron chi connectivity index (χ0n) is 15.2. The van der Waals surface area contributed by atoms with Crippen LogP contribution in [0.5, 0.6) is 0 Å². The number of carbonyl (C=O) groups excluding carboxylic acids is 1. The predicted molar refractivity (Wildman–Crippen MR) is 102 cm³/mol. The van der Waals surface area contributed by atoms with Gasteiger partial charge in [0, 0.05) is 25.2 Å². The quantitative estimate of drug-likeness (QED) is 0.890. The Morgan fingerprint density at radius 1 is 1.24 bits per heavy atom. The van der Waals surface area contributed by atoms with Crippen molar-refractivity contribution in [3.05, 3.63) is 56.8 Å². The van der Waals surface area contributed by atoms with Gasteiger partial charge in [-0.05, 0) is 54.3 Å². The number of hydrogen-bond acceptors (Lipinski definition) is 4. The molecule has 25 heavy (non-hydrogen) atoms. The number of ether oxygens (including phenoxy) is 1. The molecular weight excluding hydrogens is 332 g/mol. The number of nitrogens with zero attached hydrogens (tertiary/aromatic N) is 1. The molecular formula is C20H26N2O2S. The van der Waals surface area contributed by atoms with Crippen LogP contribution < -0.4 is 5.32 Å². The summed E-state index contributed by atoms with van der Waals surface area (Å²) < 4.78 is 5.48. The second-order valence-corrected chi connectivity index (χ2v) is 7.48. The van der Waals surface area contributed by atoms with Gasteiger partial charge in [0.25, 0.3) is 5.91 Å². The second-order valence-electron chi connectivity index (χ2n) is 6.70. The minimum atomic E-state index is 0.0171. The third kappa shape index (κ3) is 4.29. The number of benzene rings is 1. The highest BCUT2D eigenvalue weighted by molar-refractivity contribution is 7.07. The Morgan fingerprint density at radius 2 is 1.92 bits per heavy atom. The van der Waals surface area contributed by atoms with E-state index in [1.54, 1.807) is 11.3 Å². The molecule has 1 N–H and O–H groups in total. The fraction of sp³-hybridized carbons (Fsp3) is 0.450. The Morgan fingerprint density at radius 3 is 2.52 bits per heavy atom. The lowest BCUT2D eigenvalue weighted by Gasteiger charge is -2.34. The molecule has 0 bridgehead atoms. The molecule has 5 heteroatoms. The molecule has 1 aromatic heterocycles. The number of aryl methyl sites for hydroxylation is 3. The number of amides is 1. The highest BCUT2D eigenvalue weighted by Gasteiger charge is 2.24. The average Bonchev–Trinajstić information content (AvgIpc) is 3.09. The summed E-state index contributed by atoms with van der Waals surface area (Å²) >= 11 is 1.70. The topological polar surface area (TPSA) is 41.6 Å². The minimum Gasteiger partial charge on any atom is -0.379 e. The molecule has 1 aliphatic rings. The summed E-state index contributed by atoms with van der Waals surface area (Å²) in [6, 6.07) is 6.49. The molecule has 3 rings (SSSR count). The number of carbonyl (C=O) groups is 1. The fourth-order valence-corrected chi connectivity index (χ4v) is 4.33. The molecule has 0 spiro atoms. The van der Waals surface area contributed by atoms with Crippen LogP contribution in [-0.4, -0.2) is 43.7 Å². The van der Waals surface area contributed by atoms with E-state index in [0.29, 0.717) is 6.54 Å². The van der Waals surface area contributed by atoms with Crippen LogP contribution in [-0.2, 0) is 4.74 Å². The summed E-state index contributed by atoms with van der Waals surface area (Å²) in [6.07, 6.45) is 0. The molecule has 1 atom stereocenters. The summed E-state index contributed by atoms with van der Waals surface area (Å²) in [4.78, 5) is 15.2. The highest BCUT2D eigenvalue weighted by atomic mass is 32.1. The maximum atomic E-state index is 12.8. The van der Waals surface area contributed by atoms with Crippen LogP contribution in [0.2, 0.25) is 0 Å². The number of thiophene rings is 1. The zero-order chi connectivity index (χ0) is 17.8. The van der Waals surface area contributed by atoms with Crippen molar-refractivity contribution in [1.82, 2.24) is 10.2 Å². The van der Waals surface area contributed by atoms with Crippen molar-refractivity contribution in [3.63, 3.8) is 0 Å². The molecule has 1 aliphatic heterocycles. The van der Waals surface area contributed by atoms with Gasteiger partial charge in [0.2, 0.25) is 0 Å². The van der Waals surface area contributed by atoms with E-state index in [-0.39, 0.29) is 11.9 Å². The molecule has 1 fully saturated rings. The van der Waals surface area contributed by atoms with Gasteiger partial charge in [0.05, 0.1) is 19.3 Å². The third-order valence-corrected chi connectivity index (χ3v) is 5.48. The van der Waals surface area contributed by atoms with E-state index in [9.17, 15) is 4.79 Å². The molecule has 1 aromatic carbocycles. The van der Waals surface area contributed by atoms with Crippen molar-refractivity contribution in [2.45, 2.75) is 26.8 Å². The summed E-state index contributed by atoms with van der Waals surface area (Å²) in [5, 5.41) is 7.44. The van der Waals surface area contributed by atoms with Crippen molar-refractivity contribution in [1.29, 1.82) is 0 Å². The van der Waals surface area contributed by atoms with Crippen LogP contribution in [0.1, 0.15) is 38.7 Å². The molecule has 134 valence electrons. The summed E-state index contributed by atoms with van der Waals surface area (Å²) in [6.45, 7) is 10.0. The van der Waals surface area contributed by atoms with Gasteiger partial charge >= 0.3 is 0 Å². The monoisotopic (exact) mass is 358 g/mol. The number of morpholine rings is 1. The third-order valence-electron chi connectivity index (χ3n) is 4.77. The molecule has 2 aromatic rings. The van der Waals surface area contributed by atoms with E-state index in [1.165, 1.54) is 11.1 Å². The number of nitrogens with one attached hydrogen (secondary N) is 1. The summed E-state index contributed by atoms with van der Waals surface area (Å²) in [7, 11) is 0. The molecule has 0 aliphatic carbocycles. The van der Waals surface area contributed by atoms with Crippen molar-refractivity contribution in [2.75, 3.05) is 32.8 Å². The van der Waals surface area contributed by atoms with E-state index >= 15 is 0 Å². The summed E-state index contributed by atoms with van der Waals surface area (Å²) in [5.41, 5.74) is 5.33. The minimum absolute atomic E-state index is 0.0171. The lowest BCUT2D eigenvalue weighted by atomic mass is 9.99. The van der Waals surface area contributed by atoms with E-state index in [2.05, 4.69) is 46.1 Å². The molecule has 0 unspecified atom stereocenters. The van der Waals surface area contributed by atoms with Crippen LogP contribution in [0.3, 0.4) is 0 Å². The zero-order valence-corrected chi connectivity index (χ0v) is 16.0. The number of rotatable bonds is 5.